The van der Waals surface area contributed by atoms with Crippen molar-refractivity contribution >= 4 is 0 Å². The molecule has 19 heavy (non-hydrogen) atoms. The Balaban J connectivity index is 2.65. The van der Waals surface area contributed by atoms with Crippen LogP contribution in [0.15, 0.2) is 6.20 Å². The lowest BCUT2D eigenvalue weighted by molar-refractivity contribution is -0.0186. The summed E-state index contributed by atoms with van der Waals surface area (Å²) in [5, 5.41) is 3.41. The van der Waals surface area contributed by atoms with E-state index in [0.717, 1.165) is 24.6 Å². The van der Waals surface area contributed by atoms with Crippen molar-refractivity contribution in [2.45, 2.75) is 54.2 Å². The van der Waals surface area contributed by atoms with Crippen LogP contribution >= 0.6 is 0 Å². The first-order valence-electron chi connectivity index (χ1n) is 7.20. The lowest BCUT2D eigenvalue weighted by atomic mass is 9.88. The molecule has 110 valence electrons. The molecule has 0 aliphatic rings. The lowest BCUT2D eigenvalue weighted by Gasteiger charge is -2.28. The van der Waals surface area contributed by atoms with Crippen LogP contribution in [0.3, 0.4) is 0 Å². The standard InChI is InChI=1S/C15H29N3O/c1-7-19-13(15(4,5)6)14-17-10-12(18-14)9-16-8-11(2)3/h10-11,13,16H,7-9H2,1-6H3,(H,17,18). The Labute approximate surface area is 117 Å². The lowest BCUT2D eigenvalue weighted by Crippen LogP contribution is -2.23. The van der Waals surface area contributed by atoms with Gasteiger partial charge in [-0.1, -0.05) is 34.6 Å². The molecule has 1 heterocycles. The summed E-state index contributed by atoms with van der Waals surface area (Å²) in [5.41, 5.74) is 1.15. The van der Waals surface area contributed by atoms with Crippen LogP contribution in [-0.2, 0) is 11.3 Å². The van der Waals surface area contributed by atoms with Crippen LogP contribution in [-0.4, -0.2) is 23.1 Å². The van der Waals surface area contributed by atoms with Crippen molar-refractivity contribution < 1.29 is 4.74 Å². The summed E-state index contributed by atoms with van der Waals surface area (Å²) < 4.78 is 5.83. The number of ether oxygens (including phenoxy) is 1. The van der Waals surface area contributed by atoms with Gasteiger partial charge in [-0.25, -0.2) is 4.98 Å². The van der Waals surface area contributed by atoms with Gasteiger partial charge in [-0.05, 0) is 24.8 Å². The minimum absolute atomic E-state index is 0.0105. The summed E-state index contributed by atoms with van der Waals surface area (Å²) in [4.78, 5) is 7.86. The van der Waals surface area contributed by atoms with E-state index in [2.05, 4.69) is 49.9 Å². The Hall–Kier alpha value is -0.870. The fourth-order valence-electron chi connectivity index (χ4n) is 2.00. The van der Waals surface area contributed by atoms with Crippen LogP contribution < -0.4 is 5.32 Å². The molecule has 0 aliphatic heterocycles. The van der Waals surface area contributed by atoms with Crippen molar-refractivity contribution in [2.24, 2.45) is 11.3 Å². The second-order valence-electron chi connectivity index (χ2n) is 6.52. The van der Waals surface area contributed by atoms with Crippen molar-refractivity contribution in [2.75, 3.05) is 13.2 Å². The van der Waals surface area contributed by atoms with E-state index in [1.807, 2.05) is 13.1 Å². The minimum atomic E-state index is 0.0105. The maximum absolute atomic E-state index is 5.83. The predicted molar refractivity (Wildman–Crippen MR) is 79.0 cm³/mol. The molecule has 2 N–H and O–H groups in total. The zero-order chi connectivity index (χ0) is 14.5. The number of rotatable bonds is 7. The second kappa shape index (κ2) is 7.06. The maximum atomic E-state index is 5.83. The van der Waals surface area contributed by atoms with Gasteiger partial charge in [0.2, 0.25) is 0 Å². The number of nitrogens with zero attached hydrogens (tertiary/aromatic N) is 1. The SMILES string of the molecule is CCOC(c1ncc(CNCC(C)C)[nH]1)C(C)(C)C. The number of aromatic amines is 1. The molecular weight excluding hydrogens is 238 g/mol. The number of hydrogen-bond acceptors (Lipinski definition) is 3. The summed E-state index contributed by atoms with van der Waals surface area (Å²) >= 11 is 0. The van der Waals surface area contributed by atoms with E-state index in [-0.39, 0.29) is 11.5 Å². The highest BCUT2D eigenvalue weighted by atomic mass is 16.5. The molecule has 0 aromatic carbocycles. The average molecular weight is 267 g/mol. The van der Waals surface area contributed by atoms with Crippen LogP contribution in [0.5, 0.6) is 0 Å². The van der Waals surface area contributed by atoms with Gasteiger partial charge < -0.3 is 15.0 Å². The van der Waals surface area contributed by atoms with Crippen molar-refractivity contribution in [3.63, 3.8) is 0 Å². The molecule has 4 heteroatoms. The molecule has 1 unspecified atom stereocenters. The molecule has 0 spiro atoms. The summed E-state index contributed by atoms with van der Waals surface area (Å²) in [5.74, 6) is 1.59. The predicted octanol–water partition coefficient (Wildman–Crippen LogP) is 3.28. The van der Waals surface area contributed by atoms with Gasteiger partial charge in [-0.15, -0.1) is 0 Å². The monoisotopic (exact) mass is 267 g/mol. The smallest absolute Gasteiger partial charge is 0.136 e. The van der Waals surface area contributed by atoms with E-state index in [1.165, 1.54) is 0 Å². The van der Waals surface area contributed by atoms with Crippen molar-refractivity contribution in [1.29, 1.82) is 0 Å². The van der Waals surface area contributed by atoms with Crippen LogP contribution in [0.2, 0.25) is 0 Å². The highest BCUT2D eigenvalue weighted by molar-refractivity contribution is 5.05. The van der Waals surface area contributed by atoms with Crippen LogP contribution in [0, 0.1) is 11.3 Å². The van der Waals surface area contributed by atoms with Crippen molar-refractivity contribution in [1.82, 2.24) is 15.3 Å². The molecule has 0 radical (unpaired) electrons. The highest BCUT2D eigenvalue weighted by Crippen LogP contribution is 2.34. The van der Waals surface area contributed by atoms with Crippen LogP contribution in [0.25, 0.3) is 0 Å². The first-order valence-corrected chi connectivity index (χ1v) is 7.20. The first-order chi connectivity index (χ1) is 8.84. The number of hydrogen-bond donors (Lipinski definition) is 2. The summed E-state index contributed by atoms with van der Waals surface area (Å²) in [7, 11) is 0. The van der Waals surface area contributed by atoms with E-state index >= 15 is 0 Å². The number of nitrogens with one attached hydrogen (secondary N) is 2. The van der Waals surface area contributed by atoms with Crippen LogP contribution in [0.1, 0.15) is 59.2 Å². The van der Waals surface area contributed by atoms with Gasteiger partial charge in [0.25, 0.3) is 0 Å². The van der Waals surface area contributed by atoms with E-state index in [0.29, 0.717) is 12.5 Å². The quantitative estimate of drug-likeness (QED) is 0.797. The Morgan fingerprint density at radius 2 is 2.05 bits per heavy atom. The summed E-state index contributed by atoms with van der Waals surface area (Å²) in [6.45, 7) is 15.5. The highest BCUT2D eigenvalue weighted by Gasteiger charge is 2.29. The van der Waals surface area contributed by atoms with Gasteiger partial charge in [0.1, 0.15) is 11.9 Å². The maximum Gasteiger partial charge on any atom is 0.136 e. The minimum Gasteiger partial charge on any atom is -0.370 e. The fourth-order valence-corrected chi connectivity index (χ4v) is 2.00. The third-order valence-corrected chi connectivity index (χ3v) is 2.88. The number of imidazole rings is 1. The van der Waals surface area contributed by atoms with Crippen molar-refractivity contribution in [3.8, 4) is 0 Å². The topological polar surface area (TPSA) is 49.9 Å². The third-order valence-electron chi connectivity index (χ3n) is 2.88. The van der Waals surface area contributed by atoms with E-state index in [9.17, 15) is 0 Å². The number of aromatic nitrogens is 2. The molecule has 0 saturated carbocycles. The molecular formula is C15H29N3O. The van der Waals surface area contributed by atoms with Crippen LogP contribution in [0.4, 0.5) is 0 Å². The molecule has 0 saturated heterocycles. The molecule has 1 rings (SSSR count). The van der Waals surface area contributed by atoms with Gasteiger partial charge in [-0.2, -0.15) is 0 Å². The Morgan fingerprint density at radius 3 is 2.58 bits per heavy atom. The Bertz CT molecular complexity index is 366. The largest absolute Gasteiger partial charge is 0.370 e. The molecule has 1 atom stereocenters. The summed E-state index contributed by atoms with van der Waals surface area (Å²) in [6.07, 6.45) is 1.91. The molecule has 0 bridgehead atoms. The van der Waals surface area contributed by atoms with Gasteiger partial charge in [0, 0.05) is 25.0 Å². The number of H-pyrrole nitrogens is 1. The normalized spacial score (nSPS) is 14.1. The molecule has 4 nitrogen and oxygen atoms in total. The van der Waals surface area contributed by atoms with E-state index < -0.39 is 0 Å². The summed E-state index contributed by atoms with van der Waals surface area (Å²) in [6, 6.07) is 0. The first kappa shape index (κ1) is 16.2. The zero-order valence-electron chi connectivity index (χ0n) is 13.2. The van der Waals surface area contributed by atoms with Gasteiger partial charge in [-0.3, -0.25) is 0 Å². The Kier molecular flexibility index (Phi) is 6.01. The molecule has 0 aliphatic carbocycles. The second-order valence-corrected chi connectivity index (χ2v) is 6.52. The Morgan fingerprint density at radius 1 is 1.37 bits per heavy atom. The van der Waals surface area contributed by atoms with Crippen molar-refractivity contribution in [3.05, 3.63) is 17.7 Å². The van der Waals surface area contributed by atoms with Gasteiger partial charge in [0.15, 0.2) is 0 Å². The van der Waals surface area contributed by atoms with Gasteiger partial charge >= 0.3 is 0 Å². The molecule has 0 amide bonds. The van der Waals surface area contributed by atoms with E-state index in [1.54, 1.807) is 0 Å². The third kappa shape index (κ3) is 5.33. The van der Waals surface area contributed by atoms with Gasteiger partial charge in [0.05, 0.1) is 0 Å². The van der Waals surface area contributed by atoms with E-state index in [4.69, 9.17) is 4.74 Å². The average Bonchev–Trinajstić information content (AvgIpc) is 2.72. The molecule has 1 aromatic heterocycles. The zero-order valence-corrected chi connectivity index (χ0v) is 13.2. The molecule has 1 aromatic rings. The fraction of sp³-hybridized carbons (Fsp3) is 0.800. The molecule has 0 fully saturated rings.